The van der Waals surface area contributed by atoms with Crippen LogP contribution in [0, 0.1) is 0 Å². The number of likely N-dealkylation sites (N-methyl/N-ethyl adjacent to an activating group) is 1. The smallest absolute Gasteiger partial charge is 0.267 e. The molecule has 3 aliphatic rings. The van der Waals surface area contributed by atoms with E-state index in [2.05, 4.69) is 0 Å². The van der Waals surface area contributed by atoms with Gasteiger partial charge in [0.05, 0.1) is 33.7 Å². The van der Waals surface area contributed by atoms with Gasteiger partial charge < -0.3 is 4.90 Å². The van der Waals surface area contributed by atoms with Crippen LogP contribution in [-0.4, -0.2) is 53.5 Å². The van der Waals surface area contributed by atoms with E-state index in [1.807, 2.05) is 31.2 Å². The minimum atomic E-state index is -3.14. The highest BCUT2D eigenvalue weighted by Gasteiger charge is 2.46. The van der Waals surface area contributed by atoms with E-state index in [1.54, 1.807) is 4.90 Å². The van der Waals surface area contributed by atoms with E-state index in [0.717, 1.165) is 23.0 Å². The lowest BCUT2D eigenvalue weighted by molar-refractivity contribution is -0.123. The topological polar surface area (TPSA) is 74.8 Å². The van der Waals surface area contributed by atoms with E-state index in [-0.39, 0.29) is 23.3 Å². The van der Waals surface area contributed by atoms with Crippen LogP contribution in [0.5, 0.6) is 0 Å². The van der Waals surface area contributed by atoms with Crippen molar-refractivity contribution in [3.05, 3.63) is 34.7 Å². The SMILES string of the molecule is CCN1C(=O)/C(=C2\SC(=S)N([C@@H]3CCS(=O)(=O)C3)C2=O)c2ccccc21. The van der Waals surface area contributed by atoms with Crippen molar-refractivity contribution in [3.63, 3.8) is 0 Å². The summed E-state index contributed by atoms with van der Waals surface area (Å²) in [6.07, 6.45) is 0.378. The number of para-hydroxylation sites is 1. The molecule has 0 N–H and O–H groups in total. The number of thiocarbonyl (C=S) groups is 1. The van der Waals surface area contributed by atoms with Gasteiger partial charge in [0, 0.05) is 12.1 Å². The van der Waals surface area contributed by atoms with Crippen molar-refractivity contribution < 1.29 is 18.0 Å². The first-order valence-corrected chi connectivity index (χ1v) is 11.3. The number of hydrogen-bond acceptors (Lipinski definition) is 6. The van der Waals surface area contributed by atoms with Crippen molar-refractivity contribution in [1.29, 1.82) is 0 Å². The Morgan fingerprint density at radius 2 is 1.96 bits per heavy atom. The molecule has 0 unspecified atom stereocenters. The van der Waals surface area contributed by atoms with E-state index < -0.39 is 15.9 Å². The average molecular weight is 409 g/mol. The molecule has 3 aliphatic heterocycles. The predicted octanol–water partition coefficient (Wildman–Crippen LogP) is 1.81. The van der Waals surface area contributed by atoms with Gasteiger partial charge in [-0.2, -0.15) is 0 Å². The van der Waals surface area contributed by atoms with Crippen LogP contribution in [0.15, 0.2) is 29.2 Å². The summed E-state index contributed by atoms with van der Waals surface area (Å²) >= 11 is 6.44. The van der Waals surface area contributed by atoms with Gasteiger partial charge in [0.15, 0.2) is 9.84 Å². The Morgan fingerprint density at radius 1 is 1.23 bits per heavy atom. The number of fused-ring (bicyclic) bond motifs is 1. The number of carbonyl (C=O) groups excluding carboxylic acids is 2. The highest BCUT2D eigenvalue weighted by atomic mass is 32.2. The molecule has 0 aliphatic carbocycles. The molecule has 0 aromatic heterocycles. The van der Waals surface area contributed by atoms with E-state index in [1.165, 1.54) is 4.90 Å². The van der Waals surface area contributed by atoms with Crippen LogP contribution in [0.25, 0.3) is 5.57 Å². The summed E-state index contributed by atoms with van der Waals surface area (Å²) in [6, 6.07) is 6.92. The fraction of sp³-hybridized carbons (Fsp3) is 0.353. The molecule has 1 aromatic carbocycles. The van der Waals surface area contributed by atoms with Gasteiger partial charge in [-0.15, -0.1) is 0 Å². The van der Waals surface area contributed by atoms with E-state index >= 15 is 0 Å². The lowest BCUT2D eigenvalue weighted by Gasteiger charge is -2.21. The molecule has 26 heavy (non-hydrogen) atoms. The van der Waals surface area contributed by atoms with Gasteiger partial charge in [0.25, 0.3) is 11.8 Å². The number of rotatable bonds is 2. The predicted molar refractivity (Wildman–Crippen MR) is 105 cm³/mol. The Balaban J connectivity index is 1.78. The van der Waals surface area contributed by atoms with Crippen LogP contribution in [0.2, 0.25) is 0 Å². The monoisotopic (exact) mass is 408 g/mol. The fourth-order valence-corrected chi connectivity index (χ4v) is 6.81. The molecule has 0 radical (unpaired) electrons. The third-order valence-electron chi connectivity index (χ3n) is 4.84. The average Bonchev–Trinajstić information content (AvgIpc) is 3.18. The standard InChI is InChI=1S/C17H16N2O4S3/c1-2-18-12-6-4-3-5-11(12)13(15(18)20)14-16(21)19(17(24)25-14)10-7-8-26(22,23)9-10/h3-6,10H,2,7-9H2,1H3/b14-13-/t10-/m1/s1. The maximum absolute atomic E-state index is 13.0. The second-order valence-electron chi connectivity index (χ2n) is 6.37. The molecule has 2 amide bonds. The van der Waals surface area contributed by atoms with Crippen LogP contribution in [0.4, 0.5) is 5.69 Å². The zero-order valence-electron chi connectivity index (χ0n) is 14.0. The molecular weight excluding hydrogens is 392 g/mol. The highest BCUT2D eigenvalue weighted by Crippen LogP contribution is 2.45. The minimum absolute atomic E-state index is 0.0615. The van der Waals surface area contributed by atoms with Crippen molar-refractivity contribution in [3.8, 4) is 0 Å². The van der Waals surface area contributed by atoms with Gasteiger partial charge >= 0.3 is 0 Å². The van der Waals surface area contributed by atoms with Gasteiger partial charge in [-0.3, -0.25) is 14.5 Å². The quantitative estimate of drug-likeness (QED) is 0.549. The van der Waals surface area contributed by atoms with Crippen LogP contribution in [-0.2, 0) is 19.4 Å². The Hall–Kier alpha value is -1.71. The van der Waals surface area contributed by atoms with Crippen LogP contribution in [0.1, 0.15) is 18.9 Å². The zero-order valence-corrected chi connectivity index (χ0v) is 16.4. The third-order valence-corrected chi connectivity index (χ3v) is 7.99. The second kappa shape index (κ2) is 6.17. The molecule has 0 spiro atoms. The first-order chi connectivity index (χ1) is 12.3. The number of thioether (sulfide) groups is 1. The molecule has 9 heteroatoms. The number of anilines is 1. The third kappa shape index (κ3) is 2.60. The van der Waals surface area contributed by atoms with Crippen LogP contribution >= 0.6 is 24.0 Å². The van der Waals surface area contributed by atoms with Crippen LogP contribution in [0.3, 0.4) is 0 Å². The van der Waals surface area contributed by atoms with E-state index in [4.69, 9.17) is 12.2 Å². The highest BCUT2D eigenvalue weighted by molar-refractivity contribution is 8.26. The molecule has 2 fully saturated rings. The Bertz CT molecular complexity index is 983. The largest absolute Gasteiger partial charge is 0.308 e. The van der Waals surface area contributed by atoms with Crippen molar-refractivity contribution in [2.45, 2.75) is 19.4 Å². The van der Waals surface area contributed by atoms with Gasteiger partial charge in [-0.1, -0.05) is 42.2 Å². The summed E-state index contributed by atoms with van der Waals surface area (Å²) in [6.45, 7) is 2.38. The number of amides is 2. The summed E-state index contributed by atoms with van der Waals surface area (Å²) in [4.78, 5) is 29.3. The molecule has 136 valence electrons. The molecule has 3 heterocycles. The number of sulfone groups is 1. The van der Waals surface area contributed by atoms with Gasteiger partial charge in [0.2, 0.25) is 0 Å². The molecule has 2 saturated heterocycles. The normalized spacial score (nSPS) is 27.6. The molecule has 0 bridgehead atoms. The fourth-order valence-electron chi connectivity index (χ4n) is 3.64. The van der Waals surface area contributed by atoms with Gasteiger partial charge in [-0.25, -0.2) is 8.42 Å². The van der Waals surface area contributed by atoms with Crippen molar-refractivity contribution in [1.82, 2.24) is 4.90 Å². The molecular formula is C17H16N2O4S3. The first-order valence-electron chi connectivity index (χ1n) is 8.25. The van der Waals surface area contributed by atoms with Gasteiger partial charge in [0.1, 0.15) is 4.32 Å². The molecule has 1 atom stereocenters. The molecule has 0 saturated carbocycles. The molecule has 1 aromatic rings. The summed E-state index contributed by atoms with van der Waals surface area (Å²) in [5, 5.41) is 0. The van der Waals surface area contributed by atoms with Crippen molar-refractivity contribution >= 4 is 61.2 Å². The first kappa shape index (κ1) is 17.7. The van der Waals surface area contributed by atoms with Gasteiger partial charge in [-0.05, 0) is 19.4 Å². The zero-order chi connectivity index (χ0) is 18.6. The maximum Gasteiger partial charge on any atom is 0.267 e. The number of nitrogens with zero attached hydrogens (tertiary/aromatic N) is 2. The summed E-state index contributed by atoms with van der Waals surface area (Å²) in [5.41, 5.74) is 1.87. The summed E-state index contributed by atoms with van der Waals surface area (Å²) < 4.78 is 23.9. The minimum Gasteiger partial charge on any atom is -0.308 e. The van der Waals surface area contributed by atoms with Crippen molar-refractivity contribution in [2.75, 3.05) is 23.0 Å². The number of carbonyl (C=O) groups is 2. The lowest BCUT2D eigenvalue weighted by Crippen LogP contribution is -2.39. The maximum atomic E-state index is 13.0. The Labute approximate surface area is 161 Å². The lowest BCUT2D eigenvalue weighted by atomic mass is 10.1. The van der Waals surface area contributed by atoms with E-state index in [0.29, 0.717) is 27.8 Å². The number of hydrogen-bond donors (Lipinski definition) is 0. The summed E-state index contributed by atoms with van der Waals surface area (Å²) in [7, 11) is -3.14. The Morgan fingerprint density at radius 3 is 2.62 bits per heavy atom. The molecule has 6 nitrogen and oxygen atoms in total. The Kier molecular flexibility index (Phi) is 4.20. The second-order valence-corrected chi connectivity index (χ2v) is 10.2. The summed E-state index contributed by atoms with van der Waals surface area (Å²) in [5.74, 6) is -0.592. The van der Waals surface area contributed by atoms with Crippen LogP contribution < -0.4 is 4.90 Å². The van der Waals surface area contributed by atoms with E-state index in [9.17, 15) is 18.0 Å². The molecule has 4 rings (SSSR count). The number of benzene rings is 1. The van der Waals surface area contributed by atoms with Crippen molar-refractivity contribution in [2.24, 2.45) is 0 Å².